The maximum absolute atomic E-state index is 12.5. The van der Waals surface area contributed by atoms with Gasteiger partial charge in [0.2, 0.25) is 5.91 Å². The van der Waals surface area contributed by atoms with E-state index in [9.17, 15) is 13.2 Å². The van der Waals surface area contributed by atoms with E-state index in [1.807, 2.05) is 13.8 Å². The summed E-state index contributed by atoms with van der Waals surface area (Å²) in [6.45, 7) is 6.26. The van der Waals surface area contributed by atoms with Crippen molar-refractivity contribution in [3.8, 4) is 11.5 Å². The molecule has 0 radical (unpaired) electrons. The Hall–Kier alpha value is -1.51. The number of likely N-dealkylation sites (N-methyl/N-ethyl adjacent to an activating group) is 1. The molecule has 148 valence electrons. The summed E-state index contributed by atoms with van der Waals surface area (Å²) in [6.07, 6.45) is 0.678. The molecule has 1 amide bonds. The number of sulfone groups is 1. The normalized spacial score (nSPS) is 14.7. The van der Waals surface area contributed by atoms with E-state index in [1.165, 1.54) is 12.1 Å². The SMILES string of the molecule is CCN[C@H](C)CNC(=O)CCS(=O)(=O)c1ccc2c(c1)OCCCO2.Cl. The molecular formula is C17H27ClN2O5S. The quantitative estimate of drug-likeness (QED) is 0.680. The Morgan fingerprint density at radius 2 is 1.92 bits per heavy atom. The van der Waals surface area contributed by atoms with Crippen molar-refractivity contribution in [3.63, 3.8) is 0 Å². The smallest absolute Gasteiger partial charge is 0.221 e. The van der Waals surface area contributed by atoms with Gasteiger partial charge in [-0.25, -0.2) is 8.42 Å². The number of carbonyl (C=O) groups excluding carboxylic acids is 1. The summed E-state index contributed by atoms with van der Waals surface area (Å²) in [5.74, 6) is 0.463. The Morgan fingerprint density at radius 3 is 2.62 bits per heavy atom. The molecule has 0 aromatic heterocycles. The summed E-state index contributed by atoms with van der Waals surface area (Å²) in [5.41, 5.74) is 0. The highest BCUT2D eigenvalue weighted by molar-refractivity contribution is 7.91. The van der Waals surface area contributed by atoms with E-state index in [-0.39, 0.29) is 41.4 Å². The van der Waals surface area contributed by atoms with Crippen LogP contribution in [-0.4, -0.2) is 52.4 Å². The van der Waals surface area contributed by atoms with Crippen LogP contribution < -0.4 is 20.1 Å². The van der Waals surface area contributed by atoms with Gasteiger partial charge >= 0.3 is 0 Å². The van der Waals surface area contributed by atoms with Gasteiger partial charge in [-0.15, -0.1) is 12.4 Å². The van der Waals surface area contributed by atoms with Gasteiger partial charge in [-0.05, 0) is 25.6 Å². The van der Waals surface area contributed by atoms with Crippen molar-refractivity contribution >= 4 is 28.2 Å². The van der Waals surface area contributed by atoms with Crippen molar-refractivity contribution in [2.45, 2.75) is 37.6 Å². The number of fused-ring (bicyclic) bond motifs is 1. The predicted octanol–water partition coefficient (Wildman–Crippen LogP) is 1.55. The predicted molar refractivity (Wildman–Crippen MR) is 102 cm³/mol. The fourth-order valence-corrected chi connectivity index (χ4v) is 3.71. The summed E-state index contributed by atoms with van der Waals surface area (Å²) in [7, 11) is -3.56. The van der Waals surface area contributed by atoms with Crippen LogP contribution in [-0.2, 0) is 14.6 Å². The minimum absolute atomic E-state index is 0. The van der Waals surface area contributed by atoms with Crippen molar-refractivity contribution in [2.75, 3.05) is 32.1 Å². The van der Waals surface area contributed by atoms with Crippen LogP contribution >= 0.6 is 12.4 Å². The highest BCUT2D eigenvalue weighted by Crippen LogP contribution is 2.32. The number of ether oxygens (including phenoxy) is 2. The second-order valence-electron chi connectivity index (χ2n) is 5.99. The molecule has 1 aromatic carbocycles. The van der Waals surface area contributed by atoms with Crippen LogP contribution in [0.5, 0.6) is 11.5 Å². The van der Waals surface area contributed by atoms with Crippen molar-refractivity contribution in [2.24, 2.45) is 0 Å². The summed E-state index contributed by atoms with van der Waals surface area (Å²) in [5, 5.41) is 5.91. The third-order valence-corrected chi connectivity index (χ3v) is 5.55. The molecule has 0 saturated carbocycles. The maximum Gasteiger partial charge on any atom is 0.221 e. The standard InChI is InChI=1S/C17H26N2O5S.ClH/c1-3-18-13(2)12-19-17(20)7-10-25(21,22)14-5-6-15-16(11-14)24-9-4-8-23-15;/h5-6,11,13,18H,3-4,7-10,12H2,1-2H3,(H,19,20);1H/t13-;/m1./s1. The second-order valence-corrected chi connectivity index (χ2v) is 8.10. The van der Waals surface area contributed by atoms with Gasteiger partial charge in [0.15, 0.2) is 21.3 Å². The lowest BCUT2D eigenvalue weighted by molar-refractivity contribution is -0.120. The molecule has 0 aliphatic carbocycles. The van der Waals surface area contributed by atoms with Crippen LogP contribution in [0.15, 0.2) is 23.1 Å². The monoisotopic (exact) mass is 406 g/mol. The molecule has 1 aromatic rings. The molecule has 26 heavy (non-hydrogen) atoms. The first-order valence-electron chi connectivity index (χ1n) is 8.55. The average molecular weight is 407 g/mol. The molecule has 0 spiro atoms. The first kappa shape index (κ1) is 22.5. The topological polar surface area (TPSA) is 93.7 Å². The highest BCUT2D eigenvalue weighted by atomic mass is 35.5. The van der Waals surface area contributed by atoms with E-state index >= 15 is 0 Å². The average Bonchev–Trinajstić information content (AvgIpc) is 2.83. The van der Waals surface area contributed by atoms with Gasteiger partial charge in [0.1, 0.15) is 0 Å². The largest absolute Gasteiger partial charge is 0.490 e. The number of amides is 1. The van der Waals surface area contributed by atoms with Crippen LogP contribution in [0, 0.1) is 0 Å². The van der Waals surface area contributed by atoms with Gasteiger partial charge in [0.25, 0.3) is 0 Å². The van der Waals surface area contributed by atoms with E-state index in [1.54, 1.807) is 6.07 Å². The Labute approximate surface area is 161 Å². The maximum atomic E-state index is 12.5. The lowest BCUT2D eigenvalue weighted by atomic mass is 10.3. The number of halogens is 1. The number of hydrogen-bond acceptors (Lipinski definition) is 6. The molecule has 0 saturated heterocycles. The summed E-state index contributed by atoms with van der Waals surface area (Å²) in [6, 6.07) is 4.72. The molecule has 7 nitrogen and oxygen atoms in total. The van der Waals surface area contributed by atoms with Gasteiger partial charge in [-0.2, -0.15) is 0 Å². The molecule has 0 unspecified atom stereocenters. The molecule has 2 rings (SSSR count). The molecule has 1 aliphatic rings. The van der Waals surface area contributed by atoms with Crippen LogP contribution in [0.4, 0.5) is 0 Å². The zero-order valence-electron chi connectivity index (χ0n) is 15.1. The highest BCUT2D eigenvalue weighted by Gasteiger charge is 2.20. The molecule has 1 aliphatic heterocycles. The number of rotatable bonds is 8. The fraction of sp³-hybridized carbons (Fsp3) is 0.588. The number of hydrogen-bond donors (Lipinski definition) is 2. The van der Waals surface area contributed by atoms with Crippen molar-refractivity contribution in [1.29, 1.82) is 0 Å². The van der Waals surface area contributed by atoms with Gasteiger partial charge in [-0.1, -0.05) is 6.92 Å². The van der Waals surface area contributed by atoms with Gasteiger partial charge in [0, 0.05) is 31.5 Å². The van der Waals surface area contributed by atoms with Crippen LogP contribution in [0.25, 0.3) is 0 Å². The van der Waals surface area contributed by atoms with Gasteiger partial charge in [-0.3, -0.25) is 4.79 Å². The summed E-state index contributed by atoms with van der Waals surface area (Å²) >= 11 is 0. The van der Waals surface area contributed by atoms with Crippen LogP contribution in [0.1, 0.15) is 26.7 Å². The lowest BCUT2D eigenvalue weighted by Gasteiger charge is -2.13. The third kappa shape index (κ3) is 6.66. The number of benzene rings is 1. The molecule has 1 atom stereocenters. The van der Waals surface area contributed by atoms with Crippen molar-refractivity contribution in [3.05, 3.63) is 18.2 Å². The van der Waals surface area contributed by atoms with Gasteiger partial charge in [0.05, 0.1) is 23.9 Å². The first-order chi connectivity index (χ1) is 11.9. The summed E-state index contributed by atoms with van der Waals surface area (Å²) < 4.78 is 35.9. The Morgan fingerprint density at radius 1 is 1.23 bits per heavy atom. The molecule has 0 bridgehead atoms. The van der Waals surface area contributed by atoms with Crippen molar-refractivity contribution in [1.82, 2.24) is 10.6 Å². The van der Waals surface area contributed by atoms with E-state index in [0.29, 0.717) is 31.3 Å². The fourth-order valence-electron chi connectivity index (χ4n) is 2.46. The lowest BCUT2D eigenvalue weighted by Crippen LogP contribution is -2.39. The first-order valence-corrected chi connectivity index (χ1v) is 10.2. The minimum atomic E-state index is -3.56. The van der Waals surface area contributed by atoms with Crippen LogP contribution in [0.3, 0.4) is 0 Å². The Balaban J connectivity index is 0.00000338. The van der Waals surface area contributed by atoms with E-state index in [0.717, 1.165) is 13.0 Å². The second kappa shape index (κ2) is 10.6. The molecule has 9 heteroatoms. The third-order valence-electron chi connectivity index (χ3n) is 3.83. The van der Waals surface area contributed by atoms with Gasteiger partial charge < -0.3 is 20.1 Å². The summed E-state index contributed by atoms with van der Waals surface area (Å²) in [4.78, 5) is 12.0. The van der Waals surface area contributed by atoms with Crippen LogP contribution in [0.2, 0.25) is 0 Å². The molecule has 1 heterocycles. The minimum Gasteiger partial charge on any atom is -0.490 e. The van der Waals surface area contributed by atoms with E-state index in [4.69, 9.17) is 9.47 Å². The number of carbonyl (C=O) groups is 1. The zero-order chi connectivity index (χ0) is 18.3. The number of nitrogens with one attached hydrogen (secondary N) is 2. The molecular weight excluding hydrogens is 380 g/mol. The zero-order valence-corrected chi connectivity index (χ0v) is 16.7. The van der Waals surface area contributed by atoms with E-state index in [2.05, 4.69) is 10.6 Å². The Bertz CT molecular complexity index is 696. The molecule has 2 N–H and O–H groups in total. The van der Waals surface area contributed by atoms with E-state index < -0.39 is 9.84 Å². The Kier molecular flexibility index (Phi) is 9.18. The van der Waals surface area contributed by atoms with Crippen molar-refractivity contribution < 1.29 is 22.7 Å². The molecule has 0 fully saturated rings.